The molecule has 0 radical (unpaired) electrons. The third-order valence-electron chi connectivity index (χ3n) is 2.70. The third kappa shape index (κ3) is 2.17. The summed E-state index contributed by atoms with van der Waals surface area (Å²) < 4.78 is 5.22. The molecule has 66 valence electrons. The Bertz CT molecular complexity index is 113. The van der Waals surface area contributed by atoms with Crippen LogP contribution < -0.4 is 5.73 Å². The molecular formula is C9H19NO. The summed E-state index contributed by atoms with van der Waals surface area (Å²) in [6.07, 6.45) is 3.61. The van der Waals surface area contributed by atoms with Gasteiger partial charge in [-0.05, 0) is 26.2 Å². The van der Waals surface area contributed by atoms with E-state index < -0.39 is 0 Å². The lowest BCUT2D eigenvalue weighted by Gasteiger charge is -2.41. The average molecular weight is 157 g/mol. The summed E-state index contributed by atoms with van der Waals surface area (Å²) in [6, 6.07) is 0.346. The van der Waals surface area contributed by atoms with Crippen LogP contribution >= 0.6 is 0 Å². The van der Waals surface area contributed by atoms with Gasteiger partial charge in [0, 0.05) is 11.5 Å². The van der Waals surface area contributed by atoms with Crippen LogP contribution in [-0.4, -0.2) is 19.3 Å². The van der Waals surface area contributed by atoms with Gasteiger partial charge in [0.15, 0.2) is 0 Å². The molecule has 0 aromatic carbocycles. The van der Waals surface area contributed by atoms with Crippen LogP contribution in [-0.2, 0) is 4.74 Å². The Balaban J connectivity index is 2.22. The first-order chi connectivity index (χ1) is 5.18. The summed E-state index contributed by atoms with van der Waals surface area (Å²) in [5, 5.41) is 0. The summed E-state index contributed by atoms with van der Waals surface area (Å²) in [4.78, 5) is 0. The van der Waals surface area contributed by atoms with Crippen molar-refractivity contribution in [3.05, 3.63) is 0 Å². The molecule has 1 aliphatic heterocycles. The summed E-state index contributed by atoms with van der Waals surface area (Å²) in [6.45, 7) is 6.22. The van der Waals surface area contributed by atoms with E-state index in [2.05, 4.69) is 13.8 Å². The average Bonchev–Trinajstić information content (AvgIpc) is 1.86. The first-order valence-corrected chi connectivity index (χ1v) is 4.52. The predicted molar refractivity (Wildman–Crippen MR) is 46.4 cm³/mol. The van der Waals surface area contributed by atoms with E-state index in [-0.39, 0.29) is 0 Å². The highest BCUT2D eigenvalue weighted by atomic mass is 16.5. The van der Waals surface area contributed by atoms with Crippen LogP contribution in [0.5, 0.6) is 0 Å². The number of rotatable bonds is 4. The second-order valence-corrected chi connectivity index (χ2v) is 3.86. The molecule has 2 heteroatoms. The summed E-state index contributed by atoms with van der Waals surface area (Å²) in [5.74, 6) is 0. The van der Waals surface area contributed by atoms with Gasteiger partial charge in [0.05, 0.1) is 13.2 Å². The highest BCUT2D eigenvalue weighted by Crippen LogP contribution is 2.36. The van der Waals surface area contributed by atoms with Crippen molar-refractivity contribution in [1.82, 2.24) is 0 Å². The molecule has 1 atom stereocenters. The highest BCUT2D eigenvalue weighted by Gasteiger charge is 2.35. The van der Waals surface area contributed by atoms with Crippen LogP contribution in [0.4, 0.5) is 0 Å². The van der Waals surface area contributed by atoms with Crippen molar-refractivity contribution in [3.8, 4) is 0 Å². The van der Waals surface area contributed by atoms with Crippen molar-refractivity contribution in [2.75, 3.05) is 13.2 Å². The highest BCUT2D eigenvalue weighted by molar-refractivity contribution is 4.84. The molecule has 0 spiro atoms. The van der Waals surface area contributed by atoms with Crippen LogP contribution in [0.2, 0.25) is 0 Å². The van der Waals surface area contributed by atoms with Gasteiger partial charge in [-0.1, -0.05) is 6.92 Å². The summed E-state index contributed by atoms with van der Waals surface area (Å²) in [5.41, 5.74) is 6.19. The maximum Gasteiger partial charge on any atom is 0.0544 e. The molecule has 1 fully saturated rings. The normalized spacial score (nSPS) is 24.3. The molecule has 0 aromatic heterocycles. The predicted octanol–water partition coefficient (Wildman–Crippen LogP) is 1.54. The fraction of sp³-hybridized carbons (Fsp3) is 1.00. The lowest BCUT2D eigenvalue weighted by molar-refractivity contribution is -0.120. The Kier molecular flexibility index (Phi) is 2.90. The van der Waals surface area contributed by atoms with E-state index in [1.54, 1.807) is 0 Å². The molecule has 0 bridgehead atoms. The summed E-state index contributed by atoms with van der Waals surface area (Å²) >= 11 is 0. The number of nitrogens with two attached hydrogens (primary N) is 1. The number of hydrogen-bond donors (Lipinski definition) is 1. The molecule has 0 unspecified atom stereocenters. The molecule has 0 aromatic rings. The van der Waals surface area contributed by atoms with Crippen molar-refractivity contribution >= 4 is 0 Å². The van der Waals surface area contributed by atoms with Gasteiger partial charge >= 0.3 is 0 Å². The largest absolute Gasteiger partial charge is 0.380 e. The van der Waals surface area contributed by atoms with Crippen molar-refractivity contribution in [2.45, 2.75) is 39.2 Å². The zero-order valence-electron chi connectivity index (χ0n) is 7.60. The van der Waals surface area contributed by atoms with Crippen LogP contribution in [0.25, 0.3) is 0 Å². The van der Waals surface area contributed by atoms with Crippen LogP contribution in [0, 0.1) is 5.41 Å². The third-order valence-corrected chi connectivity index (χ3v) is 2.70. The molecule has 1 saturated heterocycles. The first-order valence-electron chi connectivity index (χ1n) is 4.52. The van der Waals surface area contributed by atoms with E-state index in [9.17, 15) is 0 Å². The van der Waals surface area contributed by atoms with E-state index in [1.165, 1.54) is 12.8 Å². The van der Waals surface area contributed by atoms with Crippen molar-refractivity contribution in [3.63, 3.8) is 0 Å². The molecule has 2 nitrogen and oxygen atoms in total. The molecule has 0 aliphatic carbocycles. The van der Waals surface area contributed by atoms with Crippen molar-refractivity contribution < 1.29 is 4.74 Å². The second-order valence-electron chi connectivity index (χ2n) is 3.86. The molecular weight excluding hydrogens is 138 g/mol. The van der Waals surface area contributed by atoms with Gasteiger partial charge in [-0.3, -0.25) is 0 Å². The van der Waals surface area contributed by atoms with Gasteiger partial charge < -0.3 is 10.5 Å². The minimum atomic E-state index is 0.346. The molecule has 0 amide bonds. The Labute approximate surface area is 69.1 Å². The molecule has 0 saturated carbocycles. The van der Waals surface area contributed by atoms with Gasteiger partial charge in [-0.2, -0.15) is 0 Å². The van der Waals surface area contributed by atoms with Crippen LogP contribution in [0.3, 0.4) is 0 Å². The number of hydrogen-bond acceptors (Lipinski definition) is 2. The fourth-order valence-corrected chi connectivity index (χ4v) is 1.45. The standard InChI is InChI=1S/C9H19NO/c1-3-9(6-11-7-9)5-4-8(2)10/h8H,3-7,10H2,1-2H3/t8-/m1/s1. The van der Waals surface area contributed by atoms with Gasteiger partial charge in [0.1, 0.15) is 0 Å². The zero-order chi connectivity index (χ0) is 8.32. The van der Waals surface area contributed by atoms with E-state index in [4.69, 9.17) is 10.5 Å². The molecule has 1 heterocycles. The van der Waals surface area contributed by atoms with Crippen LogP contribution in [0.15, 0.2) is 0 Å². The minimum absolute atomic E-state index is 0.346. The second kappa shape index (κ2) is 3.55. The first kappa shape index (κ1) is 9.01. The zero-order valence-corrected chi connectivity index (χ0v) is 7.60. The topological polar surface area (TPSA) is 35.2 Å². The lowest BCUT2D eigenvalue weighted by atomic mass is 9.78. The maximum absolute atomic E-state index is 5.69. The minimum Gasteiger partial charge on any atom is -0.380 e. The molecule has 1 rings (SSSR count). The fourth-order valence-electron chi connectivity index (χ4n) is 1.45. The monoisotopic (exact) mass is 157 g/mol. The number of ether oxygens (including phenoxy) is 1. The van der Waals surface area contributed by atoms with E-state index >= 15 is 0 Å². The lowest BCUT2D eigenvalue weighted by Crippen LogP contribution is -2.42. The van der Waals surface area contributed by atoms with Crippen molar-refractivity contribution in [1.29, 1.82) is 0 Å². The Morgan fingerprint density at radius 2 is 2.18 bits per heavy atom. The van der Waals surface area contributed by atoms with E-state index in [0.29, 0.717) is 11.5 Å². The maximum atomic E-state index is 5.69. The molecule has 1 aliphatic rings. The Morgan fingerprint density at radius 3 is 2.45 bits per heavy atom. The van der Waals surface area contributed by atoms with Gasteiger partial charge in [0.2, 0.25) is 0 Å². The molecule has 2 N–H and O–H groups in total. The smallest absolute Gasteiger partial charge is 0.0544 e. The van der Waals surface area contributed by atoms with E-state index in [0.717, 1.165) is 19.6 Å². The Morgan fingerprint density at radius 1 is 1.55 bits per heavy atom. The molecule has 11 heavy (non-hydrogen) atoms. The quantitative estimate of drug-likeness (QED) is 0.672. The van der Waals surface area contributed by atoms with Crippen molar-refractivity contribution in [2.24, 2.45) is 11.1 Å². The Hall–Kier alpha value is -0.0800. The van der Waals surface area contributed by atoms with E-state index in [1.807, 2.05) is 0 Å². The van der Waals surface area contributed by atoms with Gasteiger partial charge in [0.25, 0.3) is 0 Å². The van der Waals surface area contributed by atoms with Gasteiger partial charge in [-0.15, -0.1) is 0 Å². The van der Waals surface area contributed by atoms with Gasteiger partial charge in [-0.25, -0.2) is 0 Å². The SMILES string of the molecule is CCC1(CC[C@@H](C)N)COC1. The van der Waals surface area contributed by atoms with Crippen LogP contribution in [0.1, 0.15) is 33.1 Å². The summed E-state index contributed by atoms with van der Waals surface area (Å²) in [7, 11) is 0.